The van der Waals surface area contributed by atoms with Gasteiger partial charge in [0.1, 0.15) is 10.0 Å². The van der Waals surface area contributed by atoms with E-state index in [1.807, 2.05) is 35.9 Å². The molecule has 3 aromatic rings. The first kappa shape index (κ1) is 21.2. The van der Waals surface area contributed by atoms with E-state index in [4.69, 9.17) is 5.14 Å². The number of benzene rings is 1. The fraction of sp³-hybridized carbons (Fsp3) is 0.333. The van der Waals surface area contributed by atoms with Crippen molar-refractivity contribution in [3.63, 3.8) is 0 Å². The molecule has 0 amide bonds. The molecule has 0 saturated carbocycles. The van der Waals surface area contributed by atoms with Crippen molar-refractivity contribution >= 4 is 21.4 Å². The van der Waals surface area contributed by atoms with E-state index in [2.05, 4.69) is 24.9 Å². The number of nitrogens with zero attached hydrogens (tertiary/aromatic N) is 3. The van der Waals surface area contributed by atoms with Gasteiger partial charge in [0.05, 0.1) is 18.2 Å². The Morgan fingerprint density at radius 2 is 2.07 bits per heavy atom. The van der Waals surface area contributed by atoms with Crippen LogP contribution in [0.25, 0.3) is 11.1 Å². The fourth-order valence-corrected chi connectivity index (χ4v) is 5.69. The van der Waals surface area contributed by atoms with Crippen molar-refractivity contribution in [1.29, 1.82) is 5.26 Å². The molecule has 0 aliphatic heterocycles. The van der Waals surface area contributed by atoms with E-state index in [1.165, 1.54) is 11.3 Å². The van der Waals surface area contributed by atoms with E-state index < -0.39 is 10.0 Å². The van der Waals surface area contributed by atoms with Crippen LogP contribution in [-0.2, 0) is 29.4 Å². The van der Waals surface area contributed by atoms with Crippen molar-refractivity contribution in [3.05, 3.63) is 58.5 Å². The lowest BCUT2D eigenvalue weighted by atomic mass is 10.0. The zero-order chi connectivity index (χ0) is 21.2. The summed E-state index contributed by atoms with van der Waals surface area (Å²) in [7, 11) is -3.85. The highest BCUT2D eigenvalue weighted by atomic mass is 32.2. The summed E-state index contributed by atoms with van der Waals surface area (Å²) in [6.45, 7) is 6.74. The van der Waals surface area contributed by atoms with Gasteiger partial charge in [0, 0.05) is 29.3 Å². The molecule has 0 atom stereocenters. The zero-order valence-electron chi connectivity index (χ0n) is 16.7. The molecular weight excluding hydrogens is 404 g/mol. The predicted octanol–water partition coefficient (Wildman–Crippen LogP) is 3.94. The molecule has 0 aliphatic rings. The normalized spacial score (nSPS) is 11.7. The van der Waals surface area contributed by atoms with Crippen LogP contribution < -0.4 is 5.14 Å². The predicted molar refractivity (Wildman–Crippen MR) is 115 cm³/mol. The summed E-state index contributed by atoms with van der Waals surface area (Å²) in [5.74, 6) is 1.35. The number of sulfonamides is 1. The maximum Gasteiger partial charge on any atom is 0.248 e. The number of imidazole rings is 1. The number of hydrogen-bond donors (Lipinski definition) is 1. The number of rotatable bonds is 7. The number of aryl methyl sites for hydroxylation is 1. The molecule has 0 spiro atoms. The Bertz CT molecular complexity index is 1170. The van der Waals surface area contributed by atoms with Gasteiger partial charge in [0.15, 0.2) is 0 Å². The molecule has 8 heteroatoms. The van der Waals surface area contributed by atoms with Crippen LogP contribution in [0.3, 0.4) is 0 Å². The first-order valence-electron chi connectivity index (χ1n) is 9.41. The van der Waals surface area contributed by atoms with Gasteiger partial charge in [-0.3, -0.25) is 0 Å². The minimum atomic E-state index is -3.85. The molecule has 1 aromatic carbocycles. The average molecular weight is 429 g/mol. The Kier molecular flexibility index (Phi) is 6.22. The molecule has 3 rings (SSSR count). The van der Waals surface area contributed by atoms with Crippen LogP contribution in [0, 0.1) is 17.2 Å². The van der Waals surface area contributed by atoms with E-state index in [0.29, 0.717) is 29.2 Å². The summed E-state index contributed by atoms with van der Waals surface area (Å²) in [5, 5.41) is 15.2. The van der Waals surface area contributed by atoms with Crippen LogP contribution in [0.15, 0.2) is 40.9 Å². The number of nitriles is 1. The van der Waals surface area contributed by atoms with Crippen LogP contribution in [0.2, 0.25) is 0 Å². The van der Waals surface area contributed by atoms with Crippen LogP contribution >= 0.6 is 11.3 Å². The second-order valence-corrected chi connectivity index (χ2v) is 10.3. The Morgan fingerprint density at radius 1 is 1.31 bits per heavy atom. The van der Waals surface area contributed by atoms with Crippen molar-refractivity contribution in [2.24, 2.45) is 11.1 Å². The summed E-state index contributed by atoms with van der Waals surface area (Å²) >= 11 is 1.21. The monoisotopic (exact) mass is 428 g/mol. The van der Waals surface area contributed by atoms with Gasteiger partial charge in [-0.2, -0.15) is 5.26 Å². The van der Waals surface area contributed by atoms with E-state index in [1.54, 1.807) is 12.3 Å². The molecule has 0 saturated heterocycles. The highest BCUT2D eigenvalue weighted by molar-refractivity contribution is 7.91. The number of thiophene rings is 1. The minimum absolute atomic E-state index is 0.146. The van der Waals surface area contributed by atoms with Gasteiger partial charge in [0.2, 0.25) is 10.0 Å². The maximum absolute atomic E-state index is 12.1. The summed E-state index contributed by atoms with van der Waals surface area (Å²) in [5.41, 5.74) is 2.61. The summed E-state index contributed by atoms with van der Waals surface area (Å²) in [4.78, 5) is 5.28. The molecule has 6 nitrogen and oxygen atoms in total. The van der Waals surface area contributed by atoms with Gasteiger partial charge >= 0.3 is 0 Å². The highest BCUT2D eigenvalue weighted by Crippen LogP contribution is 2.36. The second-order valence-electron chi connectivity index (χ2n) is 7.37. The molecule has 2 aromatic heterocycles. The summed E-state index contributed by atoms with van der Waals surface area (Å²) in [6, 6.07) is 9.60. The lowest BCUT2D eigenvalue weighted by molar-refractivity contribution is 0.600. The fourth-order valence-electron chi connectivity index (χ4n) is 3.31. The molecule has 0 bridgehead atoms. The van der Waals surface area contributed by atoms with Crippen LogP contribution in [0.4, 0.5) is 0 Å². The van der Waals surface area contributed by atoms with Crippen LogP contribution in [-0.4, -0.2) is 18.0 Å². The molecule has 0 unspecified atom stereocenters. The number of hydrogen-bond acceptors (Lipinski definition) is 5. The highest BCUT2D eigenvalue weighted by Gasteiger charge is 2.21. The Balaban J connectivity index is 2.04. The minimum Gasteiger partial charge on any atom is -0.330 e. The lowest BCUT2D eigenvalue weighted by Gasteiger charge is -2.10. The second kappa shape index (κ2) is 8.49. The summed E-state index contributed by atoms with van der Waals surface area (Å²) < 4.78 is 26.4. The van der Waals surface area contributed by atoms with Crippen molar-refractivity contribution in [2.45, 2.75) is 44.4 Å². The smallest absolute Gasteiger partial charge is 0.248 e. The topological polar surface area (TPSA) is 102 Å². The van der Waals surface area contributed by atoms with Crippen molar-refractivity contribution in [1.82, 2.24) is 9.55 Å². The summed E-state index contributed by atoms with van der Waals surface area (Å²) in [6.07, 6.45) is 5.22. The molecule has 2 N–H and O–H groups in total. The first-order chi connectivity index (χ1) is 13.7. The Hall–Kier alpha value is -2.47. The van der Waals surface area contributed by atoms with Crippen molar-refractivity contribution < 1.29 is 8.42 Å². The molecule has 0 fully saturated rings. The van der Waals surface area contributed by atoms with Crippen LogP contribution in [0.5, 0.6) is 0 Å². The standard InChI is InChI=1S/C21H24N4O2S2/c1-4-20-24-7-8-25(20)13-16-6-5-15(10-17(16)12-22)19-11-18(9-14(2)3)28-21(19)29(23,26)27/h5-8,10-11,14H,4,9,13H2,1-3H3,(H2,23,26,27). The van der Waals surface area contributed by atoms with Crippen molar-refractivity contribution in [3.8, 4) is 17.2 Å². The van der Waals surface area contributed by atoms with E-state index in [0.717, 1.165) is 29.1 Å². The third kappa shape index (κ3) is 4.75. The number of nitrogens with two attached hydrogens (primary N) is 1. The van der Waals surface area contributed by atoms with Gasteiger partial charge in [0.25, 0.3) is 0 Å². The molecule has 0 aliphatic carbocycles. The SMILES string of the molecule is CCc1nccn1Cc1ccc(-c2cc(CC(C)C)sc2S(N)(=O)=O)cc1C#N. The third-order valence-corrected chi connectivity index (χ3v) is 7.25. The molecule has 2 heterocycles. The molecular formula is C21H24N4O2S2. The van der Waals surface area contributed by atoms with Gasteiger partial charge < -0.3 is 4.57 Å². The quantitative estimate of drug-likeness (QED) is 0.616. The van der Waals surface area contributed by atoms with Crippen LogP contribution in [0.1, 0.15) is 42.6 Å². The van der Waals surface area contributed by atoms with Gasteiger partial charge in [-0.25, -0.2) is 18.5 Å². The maximum atomic E-state index is 12.1. The van der Waals surface area contributed by atoms with E-state index in [9.17, 15) is 13.7 Å². The first-order valence-corrected chi connectivity index (χ1v) is 11.8. The molecule has 0 radical (unpaired) electrons. The molecule has 152 valence electrons. The Labute approximate surface area is 175 Å². The number of primary sulfonamides is 1. The third-order valence-electron chi connectivity index (χ3n) is 4.62. The zero-order valence-corrected chi connectivity index (χ0v) is 18.3. The molecule has 29 heavy (non-hydrogen) atoms. The van der Waals surface area contributed by atoms with E-state index >= 15 is 0 Å². The Morgan fingerprint density at radius 3 is 2.69 bits per heavy atom. The lowest BCUT2D eigenvalue weighted by Crippen LogP contribution is -2.11. The largest absolute Gasteiger partial charge is 0.330 e. The van der Waals surface area contributed by atoms with Gasteiger partial charge in [-0.05, 0) is 35.6 Å². The van der Waals surface area contributed by atoms with E-state index in [-0.39, 0.29) is 4.21 Å². The number of aromatic nitrogens is 2. The average Bonchev–Trinajstić information content (AvgIpc) is 3.28. The van der Waals surface area contributed by atoms with Gasteiger partial charge in [-0.1, -0.05) is 32.9 Å². The van der Waals surface area contributed by atoms with Crippen molar-refractivity contribution in [2.75, 3.05) is 0 Å². The van der Waals surface area contributed by atoms with Gasteiger partial charge in [-0.15, -0.1) is 11.3 Å².